The zero-order valence-electron chi connectivity index (χ0n) is 18.1. The minimum Gasteiger partial charge on any atom is -0.492 e. The van der Waals surface area contributed by atoms with Gasteiger partial charge >= 0.3 is 0 Å². The van der Waals surface area contributed by atoms with Crippen LogP contribution < -0.4 is 10.1 Å². The Kier molecular flexibility index (Phi) is 5.80. The SMILES string of the molecule is CN(CCOc1ccc2c(ccc3onc([C@H]4CCC(=O)NC4=O)c32)c1)C1CCOCC1. The van der Waals surface area contributed by atoms with E-state index in [1.807, 2.05) is 30.3 Å². The molecule has 0 bridgehead atoms. The largest absolute Gasteiger partial charge is 0.492 e. The number of likely N-dealkylation sites (N-methyl/N-ethyl adjacent to an activating group) is 1. The molecule has 2 aliphatic rings. The summed E-state index contributed by atoms with van der Waals surface area (Å²) < 4.78 is 17.0. The highest BCUT2D eigenvalue weighted by Crippen LogP contribution is 2.36. The lowest BCUT2D eigenvalue weighted by atomic mass is 9.91. The summed E-state index contributed by atoms with van der Waals surface area (Å²) in [6.07, 6.45) is 2.87. The van der Waals surface area contributed by atoms with E-state index in [0.717, 1.165) is 54.5 Å². The van der Waals surface area contributed by atoms with E-state index in [-0.39, 0.29) is 11.8 Å². The Labute approximate surface area is 185 Å². The summed E-state index contributed by atoms with van der Waals surface area (Å²) in [4.78, 5) is 26.2. The molecule has 1 aromatic heterocycles. The number of carbonyl (C=O) groups excluding carboxylic acids is 2. The number of carbonyl (C=O) groups is 2. The Morgan fingerprint density at radius 1 is 1.16 bits per heavy atom. The van der Waals surface area contributed by atoms with Crippen molar-refractivity contribution in [2.75, 3.05) is 33.4 Å². The molecule has 3 aromatic rings. The molecule has 2 fully saturated rings. The second-order valence-corrected chi connectivity index (χ2v) is 8.57. The van der Waals surface area contributed by atoms with Crippen LogP contribution in [0.15, 0.2) is 34.9 Å². The summed E-state index contributed by atoms with van der Waals surface area (Å²) in [5, 5.41) is 9.36. The van der Waals surface area contributed by atoms with E-state index in [0.29, 0.717) is 36.8 Å². The van der Waals surface area contributed by atoms with Crippen molar-refractivity contribution in [3.05, 3.63) is 36.0 Å². The van der Waals surface area contributed by atoms with Gasteiger partial charge in [0.2, 0.25) is 11.8 Å². The number of imide groups is 1. The second kappa shape index (κ2) is 8.88. The molecular formula is C24H27N3O5. The molecule has 5 rings (SSSR count). The Hall–Kier alpha value is -2.97. The van der Waals surface area contributed by atoms with Crippen LogP contribution in [0, 0.1) is 0 Å². The van der Waals surface area contributed by atoms with Gasteiger partial charge in [-0.3, -0.25) is 19.8 Å². The number of rotatable bonds is 6. The number of aromatic nitrogens is 1. The Balaban J connectivity index is 1.34. The number of benzene rings is 2. The Bertz CT molecular complexity index is 1150. The lowest BCUT2D eigenvalue weighted by Crippen LogP contribution is -2.39. The zero-order chi connectivity index (χ0) is 22.1. The second-order valence-electron chi connectivity index (χ2n) is 8.57. The number of amides is 2. The Morgan fingerprint density at radius 3 is 2.81 bits per heavy atom. The number of nitrogens with one attached hydrogen (secondary N) is 1. The topological polar surface area (TPSA) is 93.9 Å². The highest BCUT2D eigenvalue weighted by atomic mass is 16.5. The smallest absolute Gasteiger partial charge is 0.235 e. The lowest BCUT2D eigenvalue weighted by Gasteiger charge is -2.31. The summed E-state index contributed by atoms with van der Waals surface area (Å²) in [5.41, 5.74) is 1.21. The summed E-state index contributed by atoms with van der Waals surface area (Å²) >= 11 is 0. The third-order valence-electron chi connectivity index (χ3n) is 6.55. The fraction of sp³-hybridized carbons (Fsp3) is 0.458. The van der Waals surface area contributed by atoms with E-state index < -0.39 is 5.92 Å². The number of nitrogens with zero attached hydrogens (tertiary/aromatic N) is 2. The predicted molar refractivity (Wildman–Crippen MR) is 119 cm³/mol. The maximum absolute atomic E-state index is 12.4. The van der Waals surface area contributed by atoms with Crippen molar-refractivity contribution >= 4 is 33.6 Å². The van der Waals surface area contributed by atoms with E-state index in [2.05, 4.69) is 22.4 Å². The molecule has 3 heterocycles. The van der Waals surface area contributed by atoms with E-state index in [1.54, 1.807) is 0 Å². The normalized spacial score (nSPS) is 20.2. The van der Waals surface area contributed by atoms with Crippen LogP contribution in [0.4, 0.5) is 0 Å². The minimum absolute atomic E-state index is 0.242. The van der Waals surface area contributed by atoms with Crippen molar-refractivity contribution in [2.45, 2.75) is 37.6 Å². The molecule has 0 spiro atoms. The molecule has 32 heavy (non-hydrogen) atoms. The van der Waals surface area contributed by atoms with Gasteiger partial charge in [0.15, 0.2) is 5.58 Å². The minimum atomic E-state index is -0.490. The average molecular weight is 437 g/mol. The van der Waals surface area contributed by atoms with Gasteiger partial charge in [-0.25, -0.2) is 0 Å². The maximum Gasteiger partial charge on any atom is 0.235 e. The molecule has 2 amide bonds. The quantitative estimate of drug-likeness (QED) is 0.593. The van der Waals surface area contributed by atoms with Crippen LogP contribution in [0.3, 0.4) is 0 Å². The van der Waals surface area contributed by atoms with Gasteiger partial charge < -0.3 is 14.0 Å². The molecular weight excluding hydrogens is 410 g/mol. The predicted octanol–water partition coefficient (Wildman–Crippen LogP) is 2.99. The molecule has 1 N–H and O–H groups in total. The van der Waals surface area contributed by atoms with Crippen molar-refractivity contribution in [1.29, 1.82) is 0 Å². The van der Waals surface area contributed by atoms with Gasteiger partial charge in [-0.1, -0.05) is 11.2 Å². The Morgan fingerprint density at radius 2 is 2.00 bits per heavy atom. The van der Waals surface area contributed by atoms with Crippen molar-refractivity contribution in [1.82, 2.24) is 15.4 Å². The van der Waals surface area contributed by atoms with Gasteiger partial charge in [-0.15, -0.1) is 0 Å². The first-order chi connectivity index (χ1) is 15.6. The molecule has 0 saturated carbocycles. The number of fused-ring (bicyclic) bond motifs is 3. The number of hydrogen-bond acceptors (Lipinski definition) is 7. The van der Waals surface area contributed by atoms with E-state index in [1.165, 1.54) is 0 Å². The van der Waals surface area contributed by atoms with E-state index >= 15 is 0 Å². The fourth-order valence-electron chi connectivity index (χ4n) is 4.67. The van der Waals surface area contributed by atoms with Gasteiger partial charge in [-0.05, 0) is 61.3 Å². The van der Waals surface area contributed by atoms with Crippen molar-refractivity contribution in [2.24, 2.45) is 0 Å². The van der Waals surface area contributed by atoms with Gasteiger partial charge in [0.05, 0.1) is 11.3 Å². The summed E-state index contributed by atoms with van der Waals surface area (Å²) in [6.45, 7) is 3.13. The van der Waals surface area contributed by atoms with Gasteiger partial charge in [0.1, 0.15) is 18.1 Å². The van der Waals surface area contributed by atoms with E-state index in [9.17, 15) is 9.59 Å². The summed E-state index contributed by atoms with van der Waals surface area (Å²) in [5.74, 6) is -0.248. The molecule has 0 radical (unpaired) electrons. The van der Waals surface area contributed by atoms with Crippen LogP contribution in [0.5, 0.6) is 5.75 Å². The van der Waals surface area contributed by atoms with Crippen molar-refractivity contribution in [3.8, 4) is 5.75 Å². The van der Waals surface area contributed by atoms with Gasteiger partial charge in [0.25, 0.3) is 0 Å². The highest BCUT2D eigenvalue weighted by Gasteiger charge is 2.32. The molecule has 2 aliphatic heterocycles. The zero-order valence-corrected chi connectivity index (χ0v) is 18.1. The highest BCUT2D eigenvalue weighted by molar-refractivity contribution is 6.10. The molecule has 168 valence electrons. The third kappa shape index (κ3) is 4.08. The summed E-state index contributed by atoms with van der Waals surface area (Å²) in [7, 11) is 2.14. The number of piperidine rings is 1. The molecule has 0 aliphatic carbocycles. The first kappa shape index (κ1) is 20.9. The lowest BCUT2D eigenvalue weighted by molar-refractivity contribution is -0.134. The van der Waals surface area contributed by atoms with Crippen LogP contribution in [-0.2, 0) is 14.3 Å². The molecule has 2 aromatic carbocycles. The summed E-state index contributed by atoms with van der Waals surface area (Å²) in [6, 6.07) is 10.3. The number of hydrogen-bond donors (Lipinski definition) is 1. The van der Waals surface area contributed by atoms with Crippen LogP contribution in [0.1, 0.15) is 37.3 Å². The molecule has 2 saturated heterocycles. The van der Waals surface area contributed by atoms with Gasteiger partial charge in [-0.2, -0.15) is 0 Å². The van der Waals surface area contributed by atoms with Crippen molar-refractivity contribution < 1.29 is 23.6 Å². The molecule has 1 atom stereocenters. The van der Waals surface area contributed by atoms with Crippen molar-refractivity contribution in [3.63, 3.8) is 0 Å². The average Bonchev–Trinajstić information content (AvgIpc) is 3.24. The van der Waals surface area contributed by atoms with Crippen LogP contribution >= 0.6 is 0 Å². The van der Waals surface area contributed by atoms with E-state index in [4.69, 9.17) is 14.0 Å². The molecule has 0 unspecified atom stereocenters. The first-order valence-corrected chi connectivity index (χ1v) is 11.2. The van der Waals surface area contributed by atoms with Crippen LogP contribution in [0.2, 0.25) is 0 Å². The maximum atomic E-state index is 12.4. The fourth-order valence-corrected chi connectivity index (χ4v) is 4.67. The standard InChI is InChI=1S/C24H27N3O5/c1-27(16-8-11-30-12-9-16)10-13-31-17-3-4-18-15(14-17)2-6-20-22(18)23(26-32-20)19-5-7-21(28)25-24(19)29/h2-4,6,14,16,19H,5,7-13H2,1H3,(H,25,28,29)/t19-/m1/s1. The number of ether oxygens (including phenoxy) is 2. The third-order valence-corrected chi connectivity index (χ3v) is 6.55. The van der Waals surface area contributed by atoms with Crippen LogP contribution in [-0.4, -0.2) is 61.3 Å². The monoisotopic (exact) mass is 437 g/mol. The van der Waals surface area contributed by atoms with Crippen LogP contribution in [0.25, 0.3) is 21.7 Å². The molecule has 8 nitrogen and oxygen atoms in total. The van der Waals surface area contributed by atoms with Gasteiger partial charge in [0, 0.05) is 32.2 Å². The first-order valence-electron chi connectivity index (χ1n) is 11.2. The molecule has 8 heteroatoms.